The first-order valence-corrected chi connectivity index (χ1v) is 6.96. The van der Waals surface area contributed by atoms with Crippen molar-refractivity contribution < 1.29 is 9.90 Å². The SMILES string of the molecule is CCC(O)(CC)CNC(=O)NCc1ncc(C)s1. The van der Waals surface area contributed by atoms with Gasteiger partial charge < -0.3 is 15.7 Å². The molecule has 0 fully saturated rings. The number of hydrogen-bond donors (Lipinski definition) is 3. The minimum atomic E-state index is -0.810. The van der Waals surface area contributed by atoms with E-state index in [0.29, 0.717) is 19.4 Å². The molecule has 0 saturated heterocycles. The smallest absolute Gasteiger partial charge is 0.315 e. The van der Waals surface area contributed by atoms with Crippen molar-refractivity contribution in [2.75, 3.05) is 6.54 Å². The Hall–Kier alpha value is -1.14. The van der Waals surface area contributed by atoms with Crippen molar-refractivity contribution in [3.05, 3.63) is 16.1 Å². The quantitative estimate of drug-likeness (QED) is 0.738. The Kier molecular flexibility index (Phi) is 5.55. The molecular formula is C12H21N3O2S. The number of aryl methyl sites for hydroxylation is 1. The maximum absolute atomic E-state index is 11.5. The largest absolute Gasteiger partial charge is 0.388 e. The van der Waals surface area contributed by atoms with Gasteiger partial charge in [0, 0.05) is 17.6 Å². The van der Waals surface area contributed by atoms with E-state index >= 15 is 0 Å². The Bertz CT molecular complexity index is 388. The average molecular weight is 271 g/mol. The van der Waals surface area contributed by atoms with E-state index in [1.165, 1.54) is 0 Å². The molecule has 0 unspecified atom stereocenters. The van der Waals surface area contributed by atoms with Crippen LogP contribution in [0.4, 0.5) is 4.79 Å². The molecule has 0 aliphatic heterocycles. The maximum Gasteiger partial charge on any atom is 0.315 e. The van der Waals surface area contributed by atoms with E-state index in [9.17, 15) is 9.90 Å². The second-order valence-electron chi connectivity index (χ2n) is 4.33. The summed E-state index contributed by atoms with van der Waals surface area (Å²) in [5.41, 5.74) is -0.810. The third-order valence-electron chi connectivity index (χ3n) is 2.96. The lowest BCUT2D eigenvalue weighted by Crippen LogP contribution is -2.45. The zero-order valence-corrected chi connectivity index (χ0v) is 11.9. The number of rotatable bonds is 6. The Balaban J connectivity index is 2.30. The molecule has 2 amide bonds. The number of hydrogen-bond acceptors (Lipinski definition) is 4. The molecule has 0 atom stereocenters. The third kappa shape index (κ3) is 4.62. The summed E-state index contributed by atoms with van der Waals surface area (Å²) in [6.07, 6.45) is 3.03. The van der Waals surface area contributed by atoms with Gasteiger partial charge in [-0.1, -0.05) is 13.8 Å². The van der Waals surface area contributed by atoms with Gasteiger partial charge in [-0.3, -0.25) is 0 Å². The van der Waals surface area contributed by atoms with E-state index in [-0.39, 0.29) is 12.6 Å². The second-order valence-corrected chi connectivity index (χ2v) is 5.65. The van der Waals surface area contributed by atoms with Crippen LogP contribution < -0.4 is 10.6 Å². The van der Waals surface area contributed by atoms with Crippen molar-refractivity contribution in [1.29, 1.82) is 0 Å². The molecule has 0 bridgehead atoms. The van der Waals surface area contributed by atoms with E-state index in [2.05, 4.69) is 15.6 Å². The van der Waals surface area contributed by atoms with Crippen LogP contribution in [-0.4, -0.2) is 28.3 Å². The van der Waals surface area contributed by atoms with Gasteiger partial charge >= 0.3 is 6.03 Å². The molecule has 18 heavy (non-hydrogen) atoms. The zero-order chi connectivity index (χ0) is 13.6. The van der Waals surface area contributed by atoms with Gasteiger partial charge in [-0.15, -0.1) is 11.3 Å². The Morgan fingerprint density at radius 1 is 1.44 bits per heavy atom. The number of nitrogens with zero attached hydrogens (tertiary/aromatic N) is 1. The molecule has 0 saturated carbocycles. The highest BCUT2D eigenvalue weighted by molar-refractivity contribution is 7.11. The van der Waals surface area contributed by atoms with Crippen LogP contribution in [0.3, 0.4) is 0 Å². The van der Waals surface area contributed by atoms with Crippen LogP contribution in [0.2, 0.25) is 0 Å². The van der Waals surface area contributed by atoms with Crippen molar-refractivity contribution >= 4 is 17.4 Å². The summed E-state index contributed by atoms with van der Waals surface area (Å²) in [6.45, 7) is 6.47. The predicted octanol–water partition coefficient (Wildman–Crippen LogP) is 1.80. The number of thiazole rings is 1. The van der Waals surface area contributed by atoms with Crippen LogP contribution in [0.5, 0.6) is 0 Å². The summed E-state index contributed by atoms with van der Waals surface area (Å²) in [5.74, 6) is 0. The number of carbonyl (C=O) groups is 1. The fourth-order valence-electron chi connectivity index (χ4n) is 1.45. The molecule has 3 N–H and O–H groups in total. The fourth-order valence-corrected chi connectivity index (χ4v) is 2.17. The number of nitrogens with one attached hydrogen (secondary N) is 2. The van der Waals surface area contributed by atoms with Crippen LogP contribution in [0.25, 0.3) is 0 Å². The van der Waals surface area contributed by atoms with Gasteiger partial charge in [-0.2, -0.15) is 0 Å². The maximum atomic E-state index is 11.5. The zero-order valence-electron chi connectivity index (χ0n) is 11.1. The Morgan fingerprint density at radius 3 is 2.61 bits per heavy atom. The topological polar surface area (TPSA) is 74.2 Å². The van der Waals surface area contributed by atoms with E-state index < -0.39 is 5.60 Å². The van der Waals surface area contributed by atoms with Crippen LogP contribution in [-0.2, 0) is 6.54 Å². The molecule has 5 nitrogen and oxygen atoms in total. The average Bonchev–Trinajstić information content (AvgIpc) is 2.79. The van der Waals surface area contributed by atoms with Gasteiger partial charge in [0.1, 0.15) is 5.01 Å². The first kappa shape index (κ1) is 14.9. The van der Waals surface area contributed by atoms with Gasteiger partial charge in [0.05, 0.1) is 12.1 Å². The number of aliphatic hydroxyl groups is 1. The second kappa shape index (κ2) is 6.70. The van der Waals surface area contributed by atoms with Crippen LogP contribution in [0.1, 0.15) is 36.6 Å². The molecular weight excluding hydrogens is 250 g/mol. The molecule has 0 aromatic carbocycles. The van der Waals surface area contributed by atoms with E-state index in [4.69, 9.17) is 0 Å². The molecule has 1 heterocycles. The summed E-state index contributed by atoms with van der Waals surface area (Å²) in [5, 5.41) is 16.3. The fraction of sp³-hybridized carbons (Fsp3) is 0.667. The van der Waals surface area contributed by atoms with Gasteiger partial charge in [0.25, 0.3) is 0 Å². The third-order valence-corrected chi connectivity index (χ3v) is 3.88. The molecule has 0 radical (unpaired) electrons. The molecule has 1 aromatic heterocycles. The minimum absolute atomic E-state index is 0.267. The summed E-state index contributed by atoms with van der Waals surface area (Å²) >= 11 is 1.56. The highest BCUT2D eigenvalue weighted by atomic mass is 32.1. The number of aromatic nitrogens is 1. The molecule has 1 aromatic rings. The summed E-state index contributed by atoms with van der Waals surface area (Å²) in [7, 11) is 0. The van der Waals surface area contributed by atoms with Crippen LogP contribution in [0, 0.1) is 6.92 Å². The molecule has 0 aliphatic carbocycles. The highest BCUT2D eigenvalue weighted by Gasteiger charge is 2.22. The first-order valence-electron chi connectivity index (χ1n) is 6.14. The predicted molar refractivity (Wildman–Crippen MR) is 72.6 cm³/mol. The molecule has 0 spiro atoms. The first-order chi connectivity index (χ1) is 8.49. The number of carbonyl (C=O) groups excluding carboxylic acids is 1. The molecule has 0 aliphatic rings. The van der Waals surface area contributed by atoms with Gasteiger partial charge in [0.2, 0.25) is 0 Å². The number of urea groups is 1. The van der Waals surface area contributed by atoms with E-state index in [1.54, 1.807) is 17.5 Å². The van der Waals surface area contributed by atoms with Gasteiger partial charge in [-0.25, -0.2) is 9.78 Å². The van der Waals surface area contributed by atoms with E-state index in [0.717, 1.165) is 9.88 Å². The van der Waals surface area contributed by atoms with Crippen molar-refractivity contribution in [1.82, 2.24) is 15.6 Å². The van der Waals surface area contributed by atoms with E-state index in [1.807, 2.05) is 20.8 Å². The van der Waals surface area contributed by atoms with Gasteiger partial charge in [-0.05, 0) is 19.8 Å². The minimum Gasteiger partial charge on any atom is -0.388 e. The summed E-state index contributed by atoms with van der Waals surface area (Å²) < 4.78 is 0. The van der Waals surface area contributed by atoms with Gasteiger partial charge in [0.15, 0.2) is 0 Å². The Labute approximate surface area is 112 Å². The molecule has 1 rings (SSSR count). The molecule has 6 heteroatoms. The normalized spacial score (nSPS) is 11.3. The van der Waals surface area contributed by atoms with Crippen LogP contribution in [0.15, 0.2) is 6.20 Å². The van der Waals surface area contributed by atoms with Crippen LogP contribution >= 0.6 is 11.3 Å². The van der Waals surface area contributed by atoms with Crippen molar-refractivity contribution in [3.63, 3.8) is 0 Å². The lowest BCUT2D eigenvalue weighted by atomic mass is 9.98. The summed E-state index contributed by atoms with van der Waals surface area (Å²) in [6, 6.07) is -0.275. The lowest BCUT2D eigenvalue weighted by molar-refractivity contribution is 0.0349. The summed E-state index contributed by atoms with van der Waals surface area (Å²) in [4.78, 5) is 16.8. The van der Waals surface area contributed by atoms with Crippen molar-refractivity contribution in [2.45, 2.75) is 45.8 Å². The number of amides is 2. The highest BCUT2D eigenvalue weighted by Crippen LogP contribution is 2.13. The van der Waals surface area contributed by atoms with Crippen molar-refractivity contribution in [3.8, 4) is 0 Å². The standard InChI is InChI=1S/C12H21N3O2S/c1-4-12(17,5-2)8-15-11(16)14-7-10-13-6-9(3)18-10/h6,17H,4-5,7-8H2,1-3H3,(H2,14,15,16). The Morgan fingerprint density at radius 2 is 2.11 bits per heavy atom. The molecule has 102 valence electrons. The van der Waals surface area contributed by atoms with Crippen molar-refractivity contribution in [2.24, 2.45) is 0 Å². The lowest BCUT2D eigenvalue weighted by Gasteiger charge is -2.25. The monoisotopic (exact) mass is 271 g/mol.